The van der Waals surface area contributed by atoms with Gasteiger partial charge in [-0.05, 0) is 25.8 Å². The number of rotatable bonds is 7. The van der Waals surface area contributed by atoms with Crippen LogP contribution in [0, 0.1) is 0 Å². The Morgan fingerprint density at radius 3 is 2.67 bits per heavy atom. The van der Waals surface area contributed by atoms with Crippen molar-refractivity contribution in [2.45, 2.75) is 44.9 Å². The first kappa shape index (κ1) is 13.9. The Labute approximate surface area is 113 Å². The molecule has 0 radical (unpaired) electrons. The van der Waals surface area contributed by atoms with Gasteiger partial charge in [-0.1, -0.05) is 6.92 Å². The smallest absolute Gasteiger partial charge is 0.125 e. The third-order valence-electron chi connectivity index (χ3n) is 3.54. The van der Waals surface area contributed by atoms with Crippen LogP contribution in [0.5, 0.6) is 0 Å². The maximum atomic E-state index is 5.70. The quantitative estimate of drug-likeness (QED) is 0.826. The Morgan fingerprint density at radius 1 is 1.39 bits per heavy atom. The van der Waals surface area contributed by atoms with Gasteiger partial charge in [0, 0.05) is 25.6 Å². The summed E-state index contributed by atoms with van der Waals surface area (Å²) < 4.78 is 10.9. The molecule has 0 atom stereocenters. The van der Waals surface area contributed by atoms with E-state index < -0.39 is 0 Å². The topological polar surface area (TPSA) is 43.4 Å². The zero-order chi connectivity index (χ0) is 13.0. The fourth-order valence-electron chi connectivity index (χ4n) is 2.21. The molecule has 0 aliphatic heterocycles. The summed E-state index contributed by atoms with van der Waals surface area (Å²) in [6.45, 7) is 4.53. The second-order valence-corrected chi connectivity index (χ2v) is 5.74. The van der Waals surface area contributed by atoms with Crippen molar-refractivity contribution in [2.24, 2.45) is 0 Å². The summed E-state index contributed by atoms with van der Waals surface area (Å²) >= 11 is 1.77. The van der Waals surface area contributed by atoms with E-state index in [2.05, 4.69) is 12.2 Å². The lowest BCUT2D eigenvalue weighted by Gasteiger charge is -2.38. The highest BCUT2D eigenvalue weighted by molar-refractivity contribution is 7.11. The molecule has 2 rings (SSSR count). The van der Waals surface area contributed by atoms with Crippen molar-refractivity contribution in [1.82, 2.24) is 10.3 Å². The average Bonchev–Trinajstić information content (AvgIpc) is 2.70. The van der Waals surface area contributed by atoms with Gasteiger partial charge in [-0.25, -0.2) is 4.98 Å². The zero-order valence-corrected chi connectivity index (χ0v) is 12.2. The minimum absolute atomic E-state index is 0.113. The zero-order valence-electron chi connectivity index (χ0n) is 11.4. The highest BCUT2D eigenvalue weighted by atomic mass is 32.1. The molecule has 1 N–H and O–H groups in total. The van der Waals surface area contributed by atoms with Gasteiger partial charge in [0.1, 0.15) is 10.6 Å². The van der Waals surface area contributed by atoms with Crippen LogP contribution in [0.25, 0.3) is 0 Å². The van der Waals surface area contributed by atoms with E-state index in [9.17, 15) is 0 Å². The minimum atomic E-state index is -0.113. The van der Waals surface area contributed by atoms with Gasteiger partial charge in [0.05, 0.1) is 12.3 Å². The van der Waals surface area contributed by atoms with E-state index in [0.29, 0.717) is 6.61 Å². The van der Waals surface area contributed by atoms with E-state index in [-0.39, 0.29) is 5.60 Å². The maximum Gasteiger partial charge on any atom is 0.125 e. The second kappa shape index (κ2) is 6.10. The number of thiazole rings is 1. The Morgan fingerprint density at radius 2 is 2.17 bits per heavy atom. The normalized spacial score (nSPS) is 17.7. The number of ether oxygens (including phenoxy) is 2. The molecule has 0 bridgehead atoms. The summed E-state index contributed by atoms with van der Waals surface area (Å²) in [7, 11) is 3.51. The molecule has 1 aliphatic rings. The van der Waals surface area contributed by atoms with E-state index >= 15 is 0 Å². The molecule has 102 valence electrons. The van der Waals surface area contributed by atoms with Crippen LogP contribution in [0.15, 0.2) is 0 Å². The second-order valence-electron chi connectivity index (χ2n) is 4.65. The molecule has 0 saturated heterocycles. The van der Waals surface area contributed by atoms with Gasteiger partial charge in [0.25, 0.3) is 0 Å². The summed E-state index contributed by atoms with van der Waals surface area (Å²) in [5.74, 6) is 0. The van der Waals surface area contributed by atoms with Gasteiger partial charge in [-0.2, -0.15) is 0 Å². The van der Waals surface area contributed by atoms with Crippen LogP contribution in [0.4, 0.5) is 0 Å². The molecule has 1 heterocycles. The third-order valence-corrected chi connectivity index (χ3v) is 4.82. The first-order valence-corrected chi connectivity index (χ1v) is 7.31. The Hall–Kier alpha value is -0.490. The number of nitrogens with one attached hydrogen (secondary N) is 1. The van der Waals surface area contributed by atoms with Crippen molar-refractivity contribution in [2.75, 3.05) is 20.8 Å². The molecule has 0 aromatic carbocycles. The molecule has 0 spiro atoms. The van der Waals surface area contributed by atoms with E-state index in [4.69, 9.17) is 14.5 Å². The van der Waals surface area contributed by atoms with E-state index in [1.54, 1.807) is 25.6 Å². The predicted molar refractivity (Wildman–Crippen MR) is 72.7 cm³/mol. The van der Waals surface area contributed by atoms with Crippen molar-refractivity contribution in [3.05, 3.63) is 15.6 Å². The van der Waals surface area contributed by atoms with Crippen molar-refractivity contribution in [3.8, 4) is 0 Å². The first-order valence-electron chi connectivity index (χ1n) is 6.49. The summed E-state index contributed by atoms with van der Waals surface area (Å²) in [4.78, 5) is 6.02. The lowest BCUT2D eigenvalue weighted by atomic mass is 9.80. The summed E-state index contributed by atoms with van der Waals surface area (Å²) in [5, 5.41) is 4.48. The highest BCUT2D eigenvalue weighted by Crippen LogP contribution is 2.46. The molecule has 1 aliphatic carbocycles. The summed E-state index contributed by atoms with van der Waals surface area (Å²) in [6.07, 6.45) is 3.41. The minimum Gasteiger partial charge on any atom is -0.378 e. The monoisotopic (exact) mass is 270 g/mol. The largest absolute Gasteiger partial charge is 0.378 e. The average molecular weight is 270 g/mol. The van der Waals surface area contributed by atoms with Gasteiger partial charge in [0.15, 0.2) is 0 Å². The standard InChI is InChI=1S/C13H22N2O2S/c1-4-14-8-11-10(9-16-2)15-12(18-11)13(17-3)6-5-7-13/h14H,4-9H2,1-3H3. The lowest BCUT2D eigenvalue weighted by molar-refractivity contribution is -0.0781. The van der Waals surface area contributed by atoms with Crippen LogP contribution in [-0.2, 0) is 28.2 Å². The third kappa shape index (κ3) is 2.59. The lowest BCUT2D eigenvalue weighted by Crippen LogP contribution is -2.35. The Bertz CT molecular complexity index is 383. The molecular weight excluding hydrogens is 248 g/mol. The van der Waals surface area contributed by atoms with Crippen LogP contribution < -0.4 is 5.32 Å². The van der Waals surface area contributed by atoms with Gasteiger partial charge in [-0.3, -0.25) is 0 Å². The molecule has 1 aromatic rings. The number of methoxy groups -OCH3 is 2. The number of hydrogen-bond acceptors (Lipinski definition) is 5. The number of nitrogens with zero attached hydrogens (tertiary/aromatic N) is 1. The number of aromatic nitrogens is 1. The van der Waals surface area contributed by atoms with Crippen LogP contribution in [0.3, 0.4) is 0 Å². The first-order chi connectivity index (χ1) is 8.75. The van der Waals surface area contributed by atoms with Gasteiger partial charge < -0.3 is 14.8 Å². The van der Waals surface area contributed by atoms with Crippen LogP contribution in [0.1, 0.15) is 41.8 Å². The van der Waals surface area contributed by atoms with E-state index in [1.807, 2.05) is 0 Å². The molecule has 4 nitrogen and oxygen atoms in total. The van der Waals surface area contributed by atoms with Gasteiger partial charge in [-0.15, -0.1) is 11.3 Å². The van der Waals surface area contributed by atoms with Crippen molar-refractivity contribution in [3.63, 3.8) is 0 Å². The molecule has 1 aromatic heterocycles. The SMILES string of the molecule is CCNCc1sc(C2(OC)CCC2)nc1COC. The molecule has 0 unspecified atom stereocenters. The maximum absolute atomic E-state index is 5.70. The van der Waals surface area contributed by atoms with E-state index in [0.717, 1.165) is 36.6 Å². The molecule has 5 heteroatoms. The predicted octanol–water partition coefficient (Wildman–Crippen LogP) is 2.42. The molecule has 18 heavy (non-hydrogen) atoms. The molecule has 0 amide bonds. The summed E-state index contributed by atoms with van der Waals surface area (Å²) in [6, 6.07) is 0. The van der Waals surface area contributed by atoms with Crippen LogP contribution >= 0.6 is 11.3 Å². The van der Waals surface area contributed by atoms with Crippen LogP contribution in [0.2, 0.25) is 0 Å². The fraction of sp³-hybridized carbons (Fsp3) is 0.769. The van der Waals surface area contributed by atoms with Gasteiger partial charge >= 0.3 is 0 Å². The van der Waals surface area contributed by atoms with Crippen molar-refractivity contribution < 1.29 is 9.47 Å². The van der Waals surface area contributed by atoms with Gasteiger partial charge in [0.2, 0.25) is 0 Å². The summed E-state index contributed by atoms with van der Waals surface area (Å²) in [5.41, 5.74) is 0.944. The van der Waals surface area contributed by atoms with Crippen molar-refractivity contribution in [1.29, 1.82) is 0 Å². The van der Waals surface area contributed by atoms with E-state index in [1.165, 1.54) is 11.3 Å². The Kier molecular flexibility index (Phi) is 4.72. The molecule has 1 saturated carbocycles. The fourth-order valence-corrected chi connectivity index (χ4v) is 3.47. The number of hydrogen-bond donors (Lipinski definition) is 1. The molecular formula is C13H22N2O2S. The molecule has 1 fully saturated rings. The van der Waals surface area contributed by atoms with Crippen molar-refractivity contribution >= 4 is 11.3 Å². The van der Waals surface area contributed by atoms with Crippen LogP contribution in [-0.4, -0.2) is 25.7 Å². The Balaban J connectivity index is 2.20. The highest BCUT2D eigenvalue weighted by Gasteiger charge is 2.42.